The van der Waals surface area contributed by atoms with Gasteiger partial charge in [-0.25, -0.2) is 13.2 Å². The number of rotatable bonds is 4. The summed E-state index contributed by atoms with van der Waals surface area (Å²) in [5.41, 5.74) is 0.309. The van der Waals surface area contributed by atoms with E-state index in [2.05, 4.69) is 0 Å². The van der Waals surface area contributed by atoms with Crippen molar-refractivity contribution in [2.75, 3.05) is 0 Å². The Morgan fingerprint density at radius 2 is 1.55 bits per heavy atom. The van der Waals surface area contributed by atoms with Crippen LogP contribution in [-0.4, -0.2) is 19.5 Å². The third kappa shape index (κ3) is 2.58. The number of hydrogen-bond donors (Lipinski definition) is 1. The summed E-state index contributed by atoms with van der Waals surface area (Å²) in [6.07, 6.45) is 0. The van der Waals surface area contributed by atoms with Crippen LogP contribution in [0, 0.1) is 0 Å². The van der Waals surface area contributed by atoms with Crippen molar-refractivity contribution in [2.45, 2.75) is 17.1 Å². The molecule has 0 aromatic heterocycles. The second kappa shape index (κ2) is 5.46. The molecule has 0 radical (unpaired) electrons. The SMILES string of the molecule is C[C@@H](c1ccccc1C(=O)O)S(=O)(=O)c1ccccc1. The predicted molar refractivity (Wildman–Crippen MR) is 75.4 cm³/mol. The summed E-state index contributed by atoms with van der Waals surface area (Å²) in [4.78, 5) is 11.4. The molecular formula is C15H14O4S. The summed E-state index contributed by atoms with van der Waals surface area (Å²) in [5.74, 6) is -1.13. The van der Waals surface area contributed by atoms with Crippen LogP contribution in [0.2, 0.25) is 0 Å². The second-order valence-electron chi connectivity index (χ2n) is 4.39. The van der Waals surface area contributed by atoms with Gasteiger partial charge in [-0.3, -0.25) is 0 Å². The molecule has 0 saturated heterocycles. The molecule has 0 aliphatic rings. The molecule has 0 aliphatic carbocycles. The van der Waals surface area contributed by atoms with Gasteiger partial charge >= 0.3 is 5.97 Å². The van der Waals surface area contributed by atoms with Crippen molar-refractivity contribution in [3.05, 3.63) is 65.7 Å². The van der Waals surface area contributed by atoms with Gasteiger partial charge in [-0.1, -0.05) is 36.4 Å². The Bertz CT molecular complexity index is 721. The molecule has 0 amide bonds. The highest BCUT2D eigenvalue weighted by Crippen LogP contribution is 2.30. The van der Waals surface area contributed by atoms with E-state index >= 15 is 0 Å². The van der Waals surface area contributed by atoms with Gasteiger partial charge in [-0.15, -0.1) is 0 Å². The highest BCUT2D eigenvalue weighted by molar-refractivity contribution is 7.91. The van der Waals surface area contributed by atoms with Gasteiger partial charge in [0.25, 0.3) is 0 Å². The first-order valence-corrected chi connectivity index (χ1v) is 7.60. The van der Waals surface area contributed by atoms with E-state index in [-0.39, 0.29) is 10.5 Å². The Morgan fingerprint density at radius 1 is 1.00 bits per heavy atom. The molecule has 0 heterocycles. The minimum atomic E-state index is -3.61. The zero-order valence-corrected chi connectivity index (χ0v) is 11.7. The van der Waals surface area contributed by atoms with Crippen LogP contribution in [0.3, 0.4) is 0 Å². The quantitative estimate of drug-likeness (QED) is 0.939. The van der Waals surface area contributed by atoms with E-state index in [9.17, 15) is 13.2 Å². The fraction of sp³-hybridized carbons (Fsp3) is 0.133. The molecule has 20 heavy (non-hydrogen) atoms. The largest absolute Gasteiger partial charge is 0.478 e. The lowest BCUT2D eigenvalue weighted by atomic mass is 10.1. The van der Waals surface area contributed by atoms with Gasteiger partial charge < -0.3 is 5.11 Å². The molecule has 0 unspecified atom stereocenters. The van der Waals surface area contributed by atoms with Gasteiger partial charge in [0, 0.05) is 0 Å². The maximum Gasteiger partial charge on any atom is 0.336 e. The molecule has 4 nitrogen and oxygen atoms in total. The van der Waals surface area contributed by atoms with Gasteiger partial charge in [0.1, 0.15) is 0 Å². The molecule has 1 N–H and O–H groups in total. The monoisotopic (exact) mass is 290 g/mol. The van der Waals surface area contributed by atoms with E-state index in [4.69, 9.17) is 5.11 Å². The minimum absolute atomic E-state index is 0.0134. The molecule has 104 valence electrons. The van der Waals surface area contributed by atoms with Crippen LogP contribution in [0.4, 0.5) is 0 Å². The maximum absolute atomic E-state index is 12.5. The molecule has 2 rings (SSSR count). The smallest absolute Gasteiger partial charge is 0.336 e. The molecule has 2 aromatic carbocycles. The van der Waals surface area contributed by atoms with Gasteiger partial charge in [0.2, 0.25) is 0 Å². The summed E-state index contributed by atoms with van der Waals surface area (Å²) in [5, 5.41) is 8.24. The lowest BCUT2D eigenvalue weighted by Gasteiger charge is -2.15. The lowest BCUT2D eigenvalue weighted by Crippen LogP contribution is -2.14. The molecule has 1 atom stereocenters. The van der Waals surface area contributed by atoms with Crippen molar-refractivity contribution in [2.24, 2.45) is 0 Å². The Kier molecular flexibility index (Phi) is 3.90. The zero-order valence-electron chi connectivity index (χ0n) is 10.9. The first-order valence-electron chi connectivity index (χ1n) is 6.05. The van der Waals surface area contributed by atoms with Crippen molar-refractivity contribution >= 4 is 15.8 Å². The van der Waals surface area contributed by atoms with Gasteiger partial charge in [-0.2, -0.15) is 0 Å². The number of carboxylic acid groups (broad SMARTS) is 1. The van der Waals surface area contributed by atoms with E-state index < -0.39 is 21.1 Å². The molecule has 5 heteroatoms. The Morgan fingerprint density at radius 3 is 2.15 bits per heavy atom. The van der Waals surface area contributed by atoms with Crippen molar-refractivity contribution in [1.29, 1.82) is 0 Å². The number of hydrogen-bond acceptors (Lipinski definition) is 3. The Labute approximate surface area is 117 Å². The van der Waals surface area contributed by atoms with Gasteiger partial charge in [0.15, 0.2) is 9.84 Å². The van der Waals surface area contributed by atoms with Crippen LogP contribution < -0.4 is 0 Å². The highest BCUT2D eigenvalue weighted by atomic mass is 32.2. The number of benzene rings is 2. The summed E-state index contributed by atoms with van der Waals surface area (Å²) in [7, 11) is -3.61. The predicted octanol–water partition coefficient (Wildman–Crippen LogP) is 2.92. The minimum Gasteiger partial charge on any atom is -0.478 e. The normalized spacial score (nSPS) is 12.8. The third-order valence-electron chi connectivity index (χ3n) is 3.17. The van der Waals surface area contributed by atoms with Crippen molar-refractivity contribution in [3.63, 3.8) is 0 Å². The molecule has 0 aliphatic heterocycles. The molecule has 0 saturated carbocycles. The fourth-order valence-corrected chi connectivity index (χ4v) is 3.51. The number of carboxylic acids is 1. The van der Waals surface area contributed by atoms with Gasteiger partial charge in [0.05, 0.1) is 15.7 Å². The summed E-state index contributed by atoms with van der Waals surface area (Å²) in [6, 6.07) is 14.2. The van der Waals surface area contributed by atoms with Crippen molar-refractivity contribution < 1.29 is 18.3 Å². The van der Waals surface area contributed by atoms with Crippen molar-refractivity contribution in [1.82, 2.24) is 0 Å². The summed E-state index contributed by atoms with van der Waals surface area (Å²) in [6.45, 7) is 1.50. The standard InChI is InChI=1S/C15H14O4S/c1-11(13-9-5-6-10-14(13)15(16)17)20(18,19)12-7-3-2-4-8-12/h2-11H,1H3,(H,16,17)/t11-/m0/s1. The molecule has 0 bridgehead atoms. The lowest BCUT2D eigenvalue weighted by molar-refractivity contribution is 0.0695. The average molecular weight is 290 g/mol. The molecule has 0 spiro atoms. The van der Waals surface area contributed by atoms with E-state index in [0.29, 0.717) is 5.56 Å². The summed E-state index contributed by atoms with van der Waals surface area (Å²) >= 11 is 0. The Balaban J connectivity index is 2.52. The molecule has 2 aromatic rings. The number of aromatic carboxylic acids is 1. The topological polar surface area (TPSA) is 71.4 Å². The fourth-order valence-electron chi connectivity index (χ4n) is 2.03. The second-order valence-corrected chi connectivity index (χ2v) is 6.66. The zero-order chi connectivity index (χ0) is 14.8. The summed E-state index contributed by atoms with van der Waals surface area (Å²) < 4.78 is 25.0. The van der Waals surface area contributed by atoms with Gasteiger partial charge in [-0.05, 0) is 30.7 Å². The van der Waals surface area contributed by atoms with Crippen molar-refractivity contribution in [3.8, 4) is 0 Å². The van der Waals surface area contributed by atoms with Crippen LogP contribution in [0.1, 0.15) is 28.1 Å². The van der Waals surface area contributed by atoms with Crippen LogP contribution in [0.15, 0.2) is 59.5 Å². The van der Waals surface area contributed by atoms with E-state index in [1.54, 1.807) is 30.3 Å². The third-order valence-corrected chi connectivity index (χ3v) is 5.28. The van der Waals surface area contributed by atoms with E-state index in [1.165, 1.54) is 31.2 Å². The Hall–Kier alpha value is -2.14. The first kappa shape index (κ1) is 14.3. The molecule has 0 fully saturated rings. The number of carbonyl (C=O) groups is 1. The van der Waals surface area contributed by atoms with Crippen LogP contribution in [-0.2, 0) is 9.84 Å². The highest BCUT2D eigenvalue weighted by Gasteiger charge is 2.27. The number of sulfone groups is 1. The van der Waals surface area contributed by atoms with E-state index in [0.717, 1.165) is 0 Å². The van der Waals surface area contributed by atoms with Crippen LogP contribution in [0.25, 0.3) is 0 Å². The van der Waals surface area contributed by atoms with Crippen LogP contribution >= 0.6 is 0 Å². The van der Waals surface area contributed by atoms with E-state index in [1.807, 2.05) is 0 Å². The first-order chi connectivity index (χ1) is 9.44. The average Bonchev–Trinajstić information content (AvgIpc) is 2.47. The maximum atomic E-state index is 12.5. The molecular weight excluding hydrogens is 276 g/mol. The van der Waals surface area contributed by atoms with Crippen LogP contribution in [0.5, 0.6) is 0 Å².